The van der Waals surface area contributed by atoms with Crippen molar-refractivity contribution in [2.24, 2.45) is 0 Å². The van der Waals surface area contributed by atoms with Gasteiger partial charge >= 0.3 is 13.1 Å². The normalized spacial score (nSPS) is 9.88. The Kier molecular flexibility index (Phi) is 4.99. The molecule has 0 bridgehead atoms. The lowest BCUT2D eigenvalue weighted by Gasteiger charge is -2.09. The van der Waals surface area contributed by atoms with Gasteiger partial charge in [-0.2, -0.15) is 0 Å². The minimum absolute atomic E-state index is 0.0948. The first-order valence-electron chi connectivity index (χ1n) is 5.27. The molecule has 2 N–H and O–H groups in total. The molecule has 0 saturated heterocycles. The third kappa shape index (κ3) is 3.76. The molecule has 0 spiro atoms. The second-order valence-corrected chi connectivity index (χ2v) is 3.43. The van der Waals surface area contributed by atoms with Crippen LogP contribution in [0.5, 0.6) is 5.75 Å². The van der Waals surface area contributed by atoms with Crippen molar-refractivity contribution in [2.45, 2.75) is 13.3 Å². The summed E-state index contributed by atoms with van der Waals surface area (Å²) in [6, 6.07) is 4.78. The predicted octanol–water partition coefficient (Wildman–Crippen LogP) is -0.519. The average Bonchev–Trinajstić information content (AvgIpc) is 2.29. The molecule has 0 fully saturated rings. The van der Waals surface area contributed by atoms with Gasteiger partial charge in [-0.25, -0.2) is 0 Å². The van der Waals surface area contributed by atoms with Gasteiger partial charge in [0.2, 0.25) is 0 Å². The first-order valence-corrected chi connectivity index (χ1v) is 5.27. The van der Waals surface area contributed by atoms with Crippen LogP contribution in [0.15, 0.2) is 18.2 Å². The van der Waals surface area contributed by atoms with Crippen molar-refractivity contribution in [3.63, 3.8) is 0 Å². The summed E-state index contributed by atoms with van der Waals surface area (Å²) in [5.74, 6) is 0.0173. The van der Waals surface area contributed by atoms with E-state index in [9.17, 15) is 4.79 Å². The van der Waals surface area contributed by atoms with E-state index >= 15 is 0 Å². The number of hydrogen-bond donors (Lipinski definition) is 2. The molecule has 1 aromatic carbocycles. The SMILES string of the molecule is CCOC(=O)Cc1ccc(OC)c(B(O)O)c1. The number of methoxy groups -OCH3 is 1. The van der Waals surface area contributed by atoms with Crippen LogP contribution in [0, 0.1) is 0 Å². The van der Waals surface area contributed by atoms with Crippen molar-refractivity contribution >= 4 is 18.6 Å². The van der Waals surface area contributed by atoms with E-state index in [0.717, 1.165) is 0 Å². The number of carbonyl (C=O) groups excluding carboxylic acids is 1. The summed E-state index contributed by atoms with van der Waals surface area (Å²) in [5.41, 5.74) is 0.877. The minimum atomic E-state index is -1.63. The maximum absolute atomic E-state index is 11.3. The Labute approximate surface area is 100 Å². The highest BCUT2D eigenvalue weighted by molar-refractivity contribution is 6.59. The second kappa shape index (κ2) is 6.27. The molecule has 0 unspecified atom stereocenters. The van der Waals surface area contributed by atoms with E-state index in [-0.39, 0.29) is 17.9 Å². The predicted molar refractivity (Wildman–Crippen MR) is 63.2 cm³/mol. The number of benzene rings is 1. The van der Waals surface area contributed by atoms with Crippen LogP contribution in [0.3, 0.4) is 0 Å². The zero-order chi connectivity index (χ0) is 12.8. The van der Waals surface area contributed by atoms with Crippen molar-refractivity contribution in [3.8, 4) is 5.75 Å². The summed E-state index contributed by atoms with van der Waals surface area (Å²) in [4.78, 5) is 11.3. The first-order chi connectivity index (χ1) is 8.08. The Balaban J connectivity index is 2.88. The summed E-state index contributed by atoms with van der Waals surface area (Å²) < 4.78 is 9.79. The molecule has 0 radical (unpaired) electrons. The van der Waals surface area contributed by atoms with Gasteiger partial charge in [0.15, 0.2) is 0 Å². The van der Waals surface area contributed by atoms with Crippen LogP contribution in [0.2, 0.25) is 0 Å². The third-order valence-electron chi connectivity index (χ3n) is 2.23. The van der Waals surface area contributed by atoms with Gasteiger partial charge in [0, 0.05) is 5.46 Å². The fourth-order valence-electron chi connectivity index (χ4n) is 1.47. The van der Waals surface area contributed by atoms with Crippen molar-refractivity contribution in [1.29, 1.82) is 0 Å². The molecular weight excluding hydrogens is 223 g/mol. The smallest absolute Gasteiger partial charge is 0.492 e. The molecule has 5 nitrogen and oxygen atoms in total. The van der Waals surface area contributed by atoms with Crippen LogP contribution in [0.1, 0.15) is 12.5 Å². The number of esters is 1. The minimum Gasteiger partial charge on any atom is -0.497 e. The molecule has 17 heavy (non-hydrogen) atoms. The largest absolute Gasteiger partial charge is 0.497 e. The molecule has 6 heteroatoms. The van der Waals surface area contributed by atoms with E-state index in [0.29, 0.717) is 17.9 Å². The van der Waals surface area contributed by atoms with E-state index < -0.39 is 7.12 Å². The topological polar surface area (TPSA) is 76.0 Å². The molecule has 0 saturated carbocycles. The highest BCUT2D eigenvalue weighted by atomic mass is 16.5. The Morgan fingerprint density at radius 2 is 2.12 bits per heavy atom. The van der Waals surface area contributed by atoms with E-state index in [1.807, 2.05) is 0 Å². The van der Waals surface area contributed by atoms with Gasteiger partial charge in [-0.15, -0.1) is 0 Å². The van der Waals surface area contributed by atoms with Gasteiger partial charge < -0.3 is 19.5 Å². The molecule has 0 atom stereocenters. The van der Waals surface area contributed by atoms with Crippen LogP contribution in [0.4, 0.5) is 0 Å². The third-order valence-corrected chi connectivity index (χ3v) is 2.23. The number of carbonyl (C=O) groups is 1. The van der Waals surface area contributed by atoms with E-state index in [1.54, 1.807) is 19.1 Å². The maximum Gasteiger partial charge on any atom is 0.492 e. The van der Waals surface area contributed by atoms with E-state index in [2.05, 4.69) is 0 Å². The Morgan fingerprint density at radius 1 is 1.41 bits per heavy atom. The Morgan fingerprint density at radius 3 is 2.65 bits per heavy atom. The number of ether oxygens (including phenoxy) is 2. The lowest BCUT2D eigenvalue weighted by atomic mass is 9.78. The molecule has 0 aliphatic heterocycles. The molecular formula is C11H15BO5. The van der Waals surface area contributed by atoms with Gasteiger partial charge in [0.25, 0.3) is 0 Å². The van der Waals surface area contributed by atoms with Crippen LogP contribution >= 0.6 is 0 Å². The van der Waals surface area contributed by atoms with Crippen molar-refractivity contribution in [3.05, 3.63) is 23.8 Å². The highest BCUT2D eigenvalue weighted by Crippen LogP contribution is 2.10. The summed E-state index contributed by atoms with van der Waals surface area (Å²) in [5, 5.41) is 18.3. The molecule has 1 aromatic rings. The summed E-state index contributed by atoms with van der Waals surface area (Å²) in [6.07, 6.45) is 0.0948. The van der Waals surface area contributed by atoms with Crippen molar-refractivity contribution < 1.29 is 24.3 Å². The first kappa shape index (κ1) is 13.5. The maximum atomic E-state index is 11.3. The average molecular weight is 238 g/mol. The lowest BCUT2D eigenvalue weighted by molar-refractivity contribution is -0.142. The van der Waals surface area contributed by atoms with E-state index in [1.165, 1.54) is 13.2 Å². The Hall–Kier alpha value is -1.53. The van der Waals surface area contributed by atoms with Crippen LogP contribution in [-0.2, 0) is 16.0 Å². The Bertz CT molecular complexity index is 391. The van der Waals surface area contributed by atoms with Gasteiger partial charge in [-0.1, -0.05) is 12.1 Å². The fraction of sp³-hybridized carbons (Fsp3) is 0.364. The highest BCUT2D eigenvalue weighted by Gasteiger charge is 2.18. The second-order valence-electron chi connectivity index (χ2n) is 3.43. The lowest BCUT2D eigenvalue weighted by Crippen LogP contribution is -2.31. The molecule has 0 amide bonds. The van der Waals surface area contributed by atoms with E-state index in [4.69, 9.17) is 19.5 Å². The molecule has 1 rings (SSSR count). The monoisotopic (exact) mass is 238 g/mol. The molecule has 0 aromatic heterocycles. The quantitative estimate of drug-likeness (QED) is 0.533. The molecule has 92 valence electrons. The number of hydrogen-bond acceptors (Lipinski definition) is 5. The summed E-state index contributed by atoms with van der Waals surface area (Å²) in [7, 11) is -0.196. The van der Waals surface area contributed by atoms with Crippen molar-refractivity contribution in [1.82, 2.24) is 0 Å². The van der Waals surface area contributed by atoms with Gasteiger partial charge in [-0.05, 0) is 18.6 Å². The van der Waals surface area contributed by atoms with Crippen LogP contribution in [0.25, 0.3) is 0 Å². The van der Waals surface area contributed by atoms with Crippen molar-refractivity contribution in [2.75, 3.05) is 13.7 Å². The van der Waals surface area contributed by atoms with Crippen LogP contribution in [-0.4, -0.2) is 36.9 Å². The summed E-state index contributed by atoms with van der Waals surface area (Å²) in [6.45, 7) is 2.05. The summed E-state index contributed by atoms with van der Waals surface area (Å²) >= 11 is 0. The zero-order valence-corrected chi connectivity index (χ0v) is 9.84. The van der Waals surface area contributed by atoms with Crippen LogP contribution < -0.4 is 10.2 Å². The fourth-order valence-corrected chi connectivity index (χ4v) is 1.47. The molecule has 0 aliphatic carbocycles. The zero-order valence-electron chi connectivity index (χ0n) is 9.84. The van der Waals surface area contributed by atoms with Gasteiger partial charge in [0.1, 0.15) is 5.75 Å². The van der Waals surface area contributed by atoms with Gasteiger partial charge in [-0.3, -0.25) is 4.79 Å². The van der Waals surface area contributed by atoms with Gasteiger partial charge in [0.05, 0.1) is 20.1 Å². The number of rotatable bonds is 5. The standard InChI is InChI=1S/C11H15BO5/c1-3-17-11(13)7-8-4-5-10(16-2)9(6-8)12(14)15/h4-6,14-15H,3,7H2,1-2H3. The molecule has 0 aliphatic rings. The molecule has 0 heterocycles.